The number of benzene rings is 1. The second kappa shape index (κ2) is 6.12. The lowest BCUT2D eigenvalue weighted by Gasteiger charge is -2.23. The Labute approximate surface area is 138 Å². The van der Waals surface area contributed by atoms with E-state index >= 15 is 0 Å². The van der Waals surface area contributed by atoms with Gasteiger partial charge in [-0.1, -0.05) is 6.07 Å². The molecule has 1 aliphatic rings. The van der Waals surface area contributed by atoms with Crippen LogP contribution in [0, 0.1) is 12.7 Å². The lowest BCUT2D eigenvalue weighted by Crippen LogP contribution is -2.37. The van der Waals surface area contributed by atoms with Crippen LogP contribution in [0.5, 0.6) is 0 Å². The minimum Gasteiger partial charge on any atom is -0.308 e. The van der Waals surface area contributed by atoms with E-state index in [1.165, 1.54) is 23.4 Å². The molecule has 3 aromatic rings. The van der Waals surface area contributed by atoms with Crippen molar-refractivity contribution in [2.45, 2.75) is 38.9 Å². The van der Waals surface area contributed by atoms with Gasteiger partial charge in [0.25, 0.3) is 0 Å². The third-order valence-corrected chi connectivity index (χ3v) is 4.24. The quantitative estimate of drug-likeness (QED) is 0.784. The second-order valence-electron chi connectivity index (χ2n) is 6.00. The van der Waals surface area contributed by atoms with E-state index in [9.17, 15) is 4.39 Å². The van der Waals surface area contributed by atoms with E-state index in [1.807, 2.05) is 17.7 Å². The van der Waals surface area contributed by atoms with Crippen LogP contribution >= 0.6 is 0 Å². The molecule has 0 saturated heterocycles. The number of nitrogens with one attached hydrogen (secondary N) is 1. The second-order valence-corrected chi connectivity index (χ2v) is 6.00. The molecule has 0 bridgehead atoms. The van der Waals surface area contributed by atoms with E-state index in [-0.39, 0.29) is 5.82 Å². The first-order chi connectivity index (χ1) is 11.7. The summed E-state index contributed by atoms with van der Waals surface area (Å²) in [4.78, 5) is 8.25. The van der Waals surface area contributed by atoms with Crippen LogP contribution in [0.3, 0.4) is 0 Å². The maximum absolute atomic E-state index is 14.2. The highest BCUT2D eigenvalue weighted by atomic mass is 19.1. The number of rotatable bonds is 4. The van der Waals surface area contributed by atoms with Crippen LogP contribution in [-0.4, -0.2) is 35.6 Å². The van der Waals surface area contributed by atoms with Crippen molar-refractivity contribution in [3.63, 3.8) is 0 Å². The third-order valence-electron chi connectivity index (χ3n) is 4.24. The third kappa shape index (κ3) is 2.92. The lowest BCUT2D eigenvalue weighted by molar-refractivity contribution is 0.357. The van der Waals surface area contributed by atoms with Gasteiger partial charge in [0, 0.05) is 19.0 Å². The molecule has 1 atom stereocenters. The summed E-state index contributed by atoms with van der Waals surface area (Å²) in [7, 11) is 0. The fraction of sp³-hybridized carbons (Fsp3) is 0.375. The zero-order chi connectivity index (χ0) is 16.5. The molecule has 4 rings (SSSR count). The summed E-state index contributed by atoms with van der Waals surface area (Å²) in [5, 5.41) is 11.8. The van der Waals surface area contributed by atoms with Crippen LogP contribution in [0.25, 0.3) is 5.69 Å². The van der Waals surface area contributed by atoms with Gasteiger partial charge in [0.15, 0.2) is 0 Å². The molecule has 0 radical (unpaired) electrons. The highest BCUT2D eigenvalue weighted by molar-refractivity contribution is 5.35. The van der Waals surface area contributed by atoms with E-state index in [4.69, 9.17) is 0 Å². The van der Waals surface area contributed by atoms with Gasteiger partial charge in [-0.3, -0.25) is 0 Å². The minimum atomic E-state index is -0.308. The largest absolute Gasteiger partial charge is 0.308 e. The van der Waals surface area contributed by atoms with Crippen LogP contribution in [0.15, 0.2) is 30.9 Å². The van der Waals surface area contributed by atoms with Crippen LogP contribution in [-0.2, 0) is 19.5 Å². The molecule has 124 valence electrons. The number of aromatic nitrogens is 6. The van der Waals surface area contributed by atoms with E-state index in [0.717, 1.165) is 36.6 Å². The molecule has 0 saturated carbocycles. The molecule has 7 nitrogen and oxygen atoms in total. The summed E-state index contributed by atoms with van der Waals surface area (Å²) < 4.78 is 17.6. The number of hydrogen-bond acceptors (Lipinski definition) is 5. The van der Waals surface area contributed by atoms with E-state index in [1.54, 1.807) is 6.07 Å². The average Bonchev–Trinajstić information content (AvgIpc) is 3.21. The van der Waals surface area contributed by atoms with E-state index < -0.39 is 0 Å². The van der Waals surface area contributed by atoms with Crippen molar-refractivity contribution < 1.29 is 4.39 Å². The number of fused-ring (bicyclic) bond motifs is 1. The SMILES string of the molecule is Cc1nc2n(n1)C[C@@H](NCc1ccc(-n3cncn3)c(F)c1)CC2. The monoisotopic (exact) mass is 327 g/mol. The van der Waals surface area contributed by atoms with Crippen molar-refractivity contribution in [2.75, 3.05) is 0 Å². The maximum Gasteiger partial charge on any atom is 0.149 e. The van der Waals surface area contributed by atoms with Gasteiger partial charge < -0.3 is 5.32 Å². The Morgan fingerprint density at radius 1 is 1.38 bits per heavy atom. The topological polar surface area (TPSA) is 73.5 Å². The molecule has 1 aromatic carbocycles. The van der Waals surface area contributed by atoms with Crippen LogP contribution < -0.4 is 5.32 Å². The molecule has 0 amide bonds. The average molecular weight is 327 g/mol. The summed E-state index contributed by atoms with van der Waals surface area (Å²) in [6.07, 6.45) is 4.80. The summed E-state index contributed by atoms with van der Waals surface area (Å²) in [5.41, 5.74) is 1.30. The van der Waals surface area contributed by atoms with Gasteiger partial charge in [0.1, 0.15) is 35.8 Å². The summed E-state index contributed by atoms with van der Waals surface area (Å²) in [5.74, 6) is 1.56. The Balaban J connectivity index is 1.41. The summed E-state index contributed by atoms with van der Waals surface area (Å²) in [6.45, 7) is 3.32. The molecule has 3 heterocycles. The number of halogens is 1. The standard InChI is InChI=1S/C16H18FN7/c1-11-21-16-5-3-13(8-23(16)22-11)19-7-12-2-4-15(14(17)6-12)24-10-18-9-20-24/h2,4,6,9-10,13,19H,3,5,7-8H2,1H3/t13-/m0/s1. The van der Waals surface area contributed by atoms with Crippen molar-refractivity contribution in [2.24, 2.45) is 0 Å². The first-order valence-corrected chi connectivity index (χ1v) is 7.96. The Kier molecular flexibility index (Phi) is 3.81. The molecule has 1 aliphatic heterocycles. The molecule has 0 fully saturated rings. The predicted octanol–water partition coefficient (Wildman–Crippen LogP) is 1.41. The zero-order valence-electron chi connectivity index (χ0n) is 13.4. The highest BCUT2D eigenvalue weighted by Crippen LogP contribution is 2.16. The summed E-state index contributed by atoms with van der Waals surface area (Å²) in [6, 6.07) is 5.48. The van der Waals surface area contributed by atoms with Crippen molar-refractivity contribution in [3.8, 4) is 5.69 Å². The minimum absolute atomic E-state index is 0.308. The van der Waals surface area contributed by atoms with Gasteiger partial charge in [-0.25, -0.2) is 23.7 Å². The molecule has 0 spiro atoms. The number of aryl methyl sites for hydroxylation is 2. The lowest BCUT2D eigenvalue weighted by atomic mass is 10.1. The predicted molar refractivity (Wildman–Crippen MR) is 85.0 cm³/mol. The van der Waals surface area contributed by atoms with Gasteiger partial charge in [-0.05, 0) is 31.0 Å². The van der Waals surface area contributed by atoms with Gasteiger partial charge in [-0.15, -0.1) is 0 Å². The van der Waals surface area contributed by atoms with Crippen molar-refractivity contribution in [1.82, 2.24) is 34.8 Å². The van der Waals surface area contributed by atoms with Gasteiger partial charge in [0.2, 0.25) is 0 Å². The van der Waals surface area contributed by atoms with Gasteiger partial charge in [-0.2, -0.15) is 10.2 Å². The van der Waals surface area contributed by atoms with Crippen molar-refractivity contribution in [3.05, 3.63) is 53.9 Å². The molecule has 2 aromatic heterocycles. The molecular formula is C16H18FN7. The summed E-state index contributed by atoms with van der Waals surface area (Å²) >= 11 is 0. The van der Waals surface area contributed by atoms with Crippen LogP contribution in [0.2, 0.25) is 0 Å². The molecule has 24 heavy (non-hydrogen) atoms. The smallest absolute Gasteiger partial charge is 0.149 e. The number of hydrogen-bond donors (Lipinski definition) is 1. The van der Waals surface area contributed by atoms with Crippen molar-refractivity contribution in [1.29, 1.82) is 0 Å². The molecule has 0 aliphatic carbocycles. The number of nitrogens with zero attached hydrogens (tertiary/aromatic N) is 6. The Hall–Kier alpha value is -2.61. The molecule has 8 heteroatoms. The van der Waals surface area contributed by atoms with Gasteiger partial charge >= 0.3 is 0 Å². The normalized spacial score (nSPS) is 17.0. The first-order valence-electron chi connectivity index (χ1n) is 7.96. The fourth-order valence-electron chi connectivity index (χ4n) is 3.04. The maximum atomic E-state index is 14.2. The zero-order valence-corrected chi connectivity index (χ0v) is 13.4. The Morgan fingerprint density at radius 2 is 2.29 bits per heavy atom. The first kappa shape index (κ1) is 14.9. The fourth-order valence-corrected chi connectivity index (χ4v) is 3.04. The van der Waals surface area contributed by atoms with Crippen molar-refractivity contribution >= 4 is 0 Å². The van der Waals surface area contributed by atoms with Gasteiger partial charge in [0.05, 0.1) is 6.54 Å². The van der Waals surface area contributed by atoms with E-state index in [0.29, 0.717) is 18.3 Å². The molecular weight excluding hydrogens is 309 g/mol. The van der Waals surface area contributed by atoms with Crippen LogP contribution in [0.1, 0.15) is 23.6 Å². The Morgan fingerprint density at radius 3 is 3.08 bits per heavy atom. The molecule has 1 N–H and O–H groups in total. The van der Waals surface area contributed by atoms with Crippen LogP contribution in [0.4, 0.5) is 4.39 Å². The Bertz CT molecular complexity index is 840. The molecule has 0 unspecified atom stereocenters. The van der Waals surface area contributed by atoms with E-state index in [2.05, 4.69) is 25.5 Å². The highest BCUT2D eigenvalue weighted by Gasteiger charge is 2.20.